The van der Waals surface area contributed by atoms with Crippen molar-refractivity contribution in [1.82, 2.24) is 20.1 Å². The van der Waals surface area contributed by atoms with Gasteiger partial charge in [-0.15, -0.1) is 0 Å². The van der Waals surface area contributed by atoms with Crippen LogP contribution in [-0.2, 0) is 13.0 Å². The SMILES string of the molecule is CCn1nc(C)c(Cl)c1CC(NC)c1ncccc1Br. The molecule has 0 bridgehead atoms. The highest BCUT2D eigenvalue weighted by atomic mass is 79.9. The third kappa shape index (κ3) is 3.05. The Bertz CT molecular complexity index is 597. The summed E-state index contributed by atoms with van der Waals surface area (Å²) >= 11 is 9.93. The van der Waals surface area contributed by atoms with Gasteiger partial charge in [0.15, 0.2) is 0 Å². The minimum atomic E-state index is 0.0875. The van der Waals surface area contributed by atoms with Gasteiger partial charge in [0.2, 0.25) is 0 Å². The molecule has 6 heteroatoms. The first kappa shape index (κ1) is 15.5. The monoisotopic (exact) mass is 356 g/mol. The lowest BCUT2D eigenvalue weighted by atomic mass is 10.1. The second-order valence-corrected chi connectivity index (χ2v) is 5.81. The van der Waals surface area contributed by atoms with Crippen molar-refractivity contribution >= 4 is 27.5 Å². The summed E-state index contributed by atoms with van der Waals surface area (Å²) in [6, 6.07) is 3.99. The first-order chi connectivity index (χ1) is 9.58. The maximum Gasteiger partial charge on any atom is 0.0847 e. The van der Waals surface area contributed by atoms with E-state index in [4.69, 9.17) is 11.6 Å². The summed E-state index contributed by atoms with van der Waals surface area (Å²) in [6.07, 6.45) is 2.55. The molecule has 108 valence electrons. The molecule has 4 nitrogen and oxygen atoms in total. The summed E-state index contributed by atoms with van der Waals surface area (Å²) in [5.74, 6) is 0. The van der Waals surface area contributed by atoms with Crippen LogP contribution in [-0.4, -0.2) is 21.8 Å². The quantitative estimate of drug-likeness (QED) is 0.890. The molecule has 2 rings (SSSR count). The number of nitrogens with zero attached hydrogens (tertiary/aromatic N) is 3. The topological polar surface area (TPSA) is 42.7 Å². The number of nitrogens with one attached hydrogen (secondary N) is 1. The van der Waals surface area contributed by atoms with E-state index < -0.39 is 0 Å². The Labute approximate surface area is 132 Å². The van der Waals surface area contributed by atoms with Crippen molar-refractivity contribution in [3.63, 3.8) is 0 Å². The number of pyridine rings is 1. The summed E-state index contributed by atoms with van der Waals surface area (Å²) in [5.41, 5.74) is 2.90. The second-order valence-electron chi connectivity index (χ2n) is 4.58. The zero-order valence-electron chi connectivity index (χ0n) is 11.8. The molecule has 0 radical (unpaired) electrons. The van der Waals surface area contributed by atoms with E-state index in [1.165, 1.54) is 0 Å². The lowest BCUT2D eigenvalue weighted by molar-refractivity contribution is 0.530. The lowest BCUT2D eigenvalue weighted by Crippen LogP contribution is -2.22. The van der Waals surface area contributed by atoms with Crippen LogP contribution in [0.5, 0.6) is 0 Å². The highest BCUT2D eigenvalue weighted by Crippen LogP contribution is 2.28. The number of aromatic nitrogens is 3. The Morgan fingerprint density at radius 2 is 2.25 bits per heavy atom. The highest BCUT2D eigenvalue weighted by Gasteiger charge is 2.20. The molecule has 0 fully saturated rings. The number of rotatable bonds is 5. The fourth-order valence-corrected chi connectivity index (χ4v) is 2.99. The van der Waals surface area contributed by atoms with Gasteiger partial charge in [0, 0.05) is 23.6 Å². The van der Waals surface area contributed by atoms with Gasteiger partial charge in [0.05, 0.1) is 28.1 Å². The van der Waals surface area contributed by atoms with Gasteiger partial charge in [-0.3, -0.25) is 9.67 Å². The minimum Gasteiger partial charge on any atom is -0.311 e. The van der Waals surface area contributed by atoms with E-state index in [1.807, 2.05) is 30.8 Å². The number of halogens is 2. The van der Waals surface area contributed by atoms with Crippen LogP contribution < -0.4 is 5.32 Å². The molecule has 0 aliphatic carbocycles. The normalized spacial score (nSPS) is 12.7. The molecule has 1 atom stereocenters. The third-order valence-corrected chi connectivity index (χ3v) is 4.48. The first-order valence-corrected chi connectivity index (χ1v) is 7.75. The van der Waals surface area contributed by atoms with Crippen LogP contribution in [0.15, 0.2) is 22.8 Å². The van der Waals surface area contributed by atoms with Gasteiger partial charge >= 0.3 is 0 Å². The smallest absolute Gasteiger partial charge is 0.0847 e. The van der Waals surface area contributed by atoms with Crippen LogP contribution >= 0.6 is 27.5 Å². The highest BCUT2D eigenvalue weighted by molar-refractivity contribution is 9.10. The van der Waals surface area contributed by atoms with E-state index >= 15 is 0 Å². The van der Waals surface area contributed by atoms with Crippen LogP contribution in [0.25, 0.3) is 0 Å². The van der Waals surface area contributed by atoms with Crippen molar-refractivity contribution in [3.05, 3.63) is 44.9 Å². The number of hydrogen-bond donors (Lipinski definition) is 1. The third-order valence-electron chi connectivity index (χ3n) is 3.32. The zero-order chi connectivity index (χ0) is 14.7. The molecule has 2 heterocycles. The molecule has 1 unspecified atom stereocenters. The molecule has 0 aromatic carbocycles. The van der Waals surface area contributed by atoms with E-state index in [-0.39, 0.29) is 6.04 Å². The Hall–Kier alpha value is -0.910. The van der Waals surface area contributed by atoms with E-state index in [9.17, 15) is 0 Å². The molecule has 0 aliphatic rings. The predicted molar refractivity (Wildman–Crippen MR) is 85.1 cm³/mol. The van der Waals surface area contributed by atoms with Gasteiger partial charge in [-0.05, 0) is 49.0 Å². The molecule has 2 aromatic rings. The van der Waals surface area contributed by atoms with E-state index in [0.717, 1.165) is 39.5 Å². The fraction of sp³-hybridized carbons (Fsp3) is 0.429. The molecule has 0 amide bonds. The molecule has 0 spiro atoms. The Morgan fingerprint density at radius 1 is 1.50 bits per heavy atom. The maximum absolute atomic E-state index is 6.38. The van der Waals surface area contributed by atoms with Gasteiger partial charge in [-0.25, -0.2) is 0 Å². The van der Waals surface area contributed by atoms with Crippen LogP contribution in [0.4, 0.5) is 0 Å². The van der Waals surface area contributed by atoms with E-state index in [2.05, 4.69) is 38.3 Å². The summed E-state index contributed by atoms with van der Waals surface area (Å²) in [4.78, 5) is 4.46. The Morgan fingerprint density at radius 3 is 2.85 bits per heavy atom. The van der Waals surface area contributed by atoms with Crippen molar-refractivity contribution in [2.24, 2.45) is 0 Å². The van der Waals surface area contributed by atoms with Crippen LogP contribution in [0.2, 0.25) is 5.02 Å². The largest absolute Gasteiger partial charge is 0.311 e. The van der Waals surface area contributed by atoms with E-state index in [1.54, 1.807) is 6.20 Å². The standard InChI is InChI=1S/C14H18BrClN4/c1-4-20-12(13(16)9(2)19-20)8-11(17-3)14-10(15)6-5-7-18-14/h5-7,11,17H,4,8H2,1-3H3. The van der Waals surface area contributed by atoms with Crippen molar-refractivity contribution in [1.29, 1.82) is 0 Å². The van der Waals surface area contributed by atoms with E-state index in [0.29, 0.717) is 0 Å². The second kappa shape index (κ2) is 6.70. The number of hydrogen-bond acceptors (Lipinski definition) is 3. The summed E-state index contributed by atoms with van der Waals surface area (Å²) < 4.78 is 2.95. The van der Waals surface area contributed by atoms with Crippen LogP contribution in [0, 0.1) is 6.92 Å². The van der Waals surface area contributed by atoms with Gasteiger partial charge < -0.3 is 5.32 Å². The number of aryl methyl sites for hydroxylation is 2. The molecule has 0 aliphatic heterocycles. The zero-order valence-corrected chi connectivity index (χ0v) is 14.2. The van der Waals surface area contributed by atoms with Gasteiger partial charge in [0.25, 0.3) is 0 Å². The minimum absolute atomic E-state index is 0.0875. The average Bonchev–Trinajstić information content (AvgIpc) is 2.73. The predicted octanol–water partition coefficient (Wildman–Crippen LogP) is 3.53. The first-order valence-electron chi connectivity index (χ1n) is 6.57. The Kier molecular flexibility index (Phi) is 5.18. The number of likely N-dealkylation sites (N-methyl/N-ethyl adjacent to an activating group) is 1. The van der Waals surface area contributed by atoms with Gasteiger partial charge in [0.1, 0.15) is 0 Å². The molecular weight excluding hydrogens is 340 g/mol. The molecule has 0 saturated heterocycles. The summed E-state index contributed by atoms with van der Waals surface area (Å²) in [6.45, 7) is 4.81. The van der Waals surface area contributed by atoms with Crippen LogP contribution in [0.3, 0.4) is 0 Å². The van der Waals surface area contributed by atoms with Crippen molar-refractivity contribution in [3.8, 4) is 0 Å². The molecule has 20 heavy (non-hydrogen) atoms. The summed E-state index contributed by atoms with van der Waals surface area (Å²) in [7, 11) is 1.93. The maximum atomic E-state index is 6.38. The molecular formula is C14H18BrClN4. The van der Waals surface area contributed by atoms with Gasteiger partial charge in [-0.2, -0.15) is 5.10 Å². The average molecular weight is 358 g/mol. The Balaban J connectivity index is 2.34. The van der Waals surface area contributed by atoms with Crippen molar-refractivity contribution in [2.45, 2.75) is 32.9 Å². The summed E-state index contributed by atoms with van der Waals surface area (Å²) in [5, 5.41) is 8.51. The van der Waals surface area contributed by atoms with Gasteiger partial charge in [-0.1, -0.05) is 11.6 Å². The molecule has 2 aromatic heterocycles. The molecule has 1 N–H and O–H groups in total. The van der Waals surface area contributed by atoms with Crippen LogP contribution in [0.1, 0.15) is 30.0 Å². The van der Waals surface area contributed by atoms with Crippen molar-refractivity contribution in [2.75, 3.05) is 7.05 Å². The van der Waals surface area contributed by atoms with Crippen molar-refractivity contribution < 1.29 is 0 Å². The fourth-order valence-electron chi connectivity index (χ4n) is 2.25. The molecule has 0 saturated carbocycles. The lowest BCUT2D eigenvalue weighted by Gasteiger charge is -2.17.